The molecule has 0 aromatic heterocycles. The number of hydrogen-bond donors (Lipinski definition) is 1. The van der Waals surface area contributed by atoms with E-state index in [0.29, 0.717) is 21.6 Å². The smallest absolute Gasteiger partial charge is 0.264 e. The lowest BCUT2D eigenvalue weighted by molar-refractivity contribution is -0.115. The monoisotopic (exact) mass is 354 g/mol. The summed E-state index contributed by atoms with van der Waals surface area (Å²) in [6.45, 7) is 1.98. The number of rotatable bonds is 4. The van der Waals surface area contributed by atoms with Gasteiger partial charge in [-0.05, 0) is 42.5 Å². The van der Waals surface area contributed by atoms with Crippen LogP contribution in [0.4, 0.5) is 5.69 Å². The number of thioether (sulfide) groups is 1. The van der Waals surface area contributed by atoms with E-state index in [2.05, 4.69) is 10.3 Å². The average molecular weight is 354 g/mol. The standard InChI is InChI=1S/C19H18N2O3S/c1-12-7-4-5-9-14(12)20-19-21-18(22)16(25-19)11-13-8-6-10-15(23-2)17(13)24-3/h4-11H,1-3H3,(H,20,21,22). The highest BCUT2D eigenvalue weighted by Gasteiger charge is 2.24. The molecule has 6 heteroatoms. The summed E-state index contributed by atoms with van der Waals surface area (Å²) < 4.78 is 10.7. The van der Waals surface area contributed by atoms with Crippen molar-refractivity contribution in [1.29, 1.82) is 0 Å². The number of methoxy groups -OCH3 is 2. The van der Waals surface area contributed by atoms with Crippen molar-refractivity contribution >= 4 is 34.6 Å². The zero-order valence-corrected chi connectivity index (χ0v) is 15.0. The van der Waals surface area contributed by atoms with Crippen molar-refractivity contribution in [2.24, 2.45) is 4.99 Å². The van der Waals surface area contributed by atoms with Crippen LogP contribution in [0.1, 0.15) is 11.1 Å². The normalized spacial score (nSPS) is 17.0. The Morgan fingerprint density at radius 2 is 1.88 bits per heavy atom. The first-order valence-electron chi connectivity index (χ1n) is 7.68. The van der Waals surface area contributed by atoms with Crippen molar-refractivity contribution in [3.8, 4) is 11.5 Å². The molecule has 0 radical (unpaired) electrons. The Labute approximate surface area is 150 Å². The van der Waals surface area contributed by atoms with Gasteiger partial charge in [0.2, 0.25) is 0 Å². The minimum absolute atomic E-state index is 0.179. The SMILES string of the molecule is COc1cccc(C=C2SC(=Nc3ccccc3C)NC2=O)c1OC. The molecule has 5 nitrogen and oxygen atoms in total. The highest BCUT2D eigenvalue weighted by Crippen LogP contribution is 2.35. The van der Waals surface area contributed by atoms with Crippen molar-refractivity contribution in [1.82, 2.24) is 5.32 Å². The van der Waals surface area contributed by atoms with Crippen LogP contribution < -0.4 is 14.8 Å². The van der Waals surface area contributed by atoms with E-state index in [-0.39, 0.29) is 5.91 Å². The van der Waals surface area contributed by atoms with Crippen LogP contribution in [0.3, 0.4) is 0 Å². The third kappa shape index (κ3) is 3.69. The second-order valence-electron chi connectivity index (χ2n) is 5.35. The first kappa shape index (κ1) is 17.1. The minimum atomic E-state index is -0.179. The molecule has 1 amide bonds. The van der Waals surface area contributed by atoms with Gasteiger partial charge in [-0.3, -0.25) is 4.79 Å². The fourth-order valence-corrected chi connectivity index (χ4v) is 3.27. The number of hydrogen-bond acceptors (Lipinski definition) is 5. The Morgan fingerprint density at radius 1 is 1.08 bits per heavy atom. The van der Waals surface area contributed by atoms with Crippen LogP contribution >= 0.6 is 11.8 Å². The van der Waals surface area contributed by atoms with E-state index in [9.17, 15) is 4.79 Å². The molecule has 1 saturated heterocycles. The van der Waals surface area contributed by atoms with E-state index >= 15 is 0 Å². The molecule has 0 saturated carbocycles. The summed E-state index contributed by atoms with van der Waals surface area (Å²) in [5.41, 5.74) is 2.67. The van der Waals surface area contributed by atoms with E-state index in [0.717, 1.165) is 16.8 Å². The summed E-state index contributed by atoms with van der Waals surface area (Å²) in [5.74, 6) is 1.03. The van der Waals surface area contributed by atoms with Crippen molar-refractivity contribution < 1.29 is 14.3 Å². The van der Waals surface area contributed by atoms with Gasteiger partial charge in [0, 0.05) is 5.56 Å². The summed E-state index contributed by atoms with van der Waals surface area (Å²) in [4.78, 5) is 17.3. The van der Waals surface area contributed by atoms with Crippen LogP contribution in [0.25, 0.3) is 6.08 Å². The molecule has 1 aliphatic heterocycles. The molecule has 128 valence electrons. The van der Waals surface area contributed by atoms with Gasteiger partial charge in [-0.2, -0.15) is 0 Å². The maximum atomic E-state index is 12.3. The molecule has 25 heavy (non-hydrogen) atoms. The van der Waals surface area contributed by atoms with Gasteiger partial charge < -0.3 is 14.8 Å². The lowest BCUT2D eigenvalue weighted by Crippen LogP contribution is -2.19. The summed E-state index contributed by atoms with van der Waals surface area (Å²) in [6.07, 6.45) is 1.78. The largest absolute Gasteiger partial charge is 0.493 e. The lowest BCUT2D eigenvalue weighted by Gasteiger charge is -2.10. The third-order valence-electron chi connectivity index (χ3n) is 3.71. The number of ether oxygens (including phenoxy) is 2. The van der Waals surface area contributed by atoms with Gasteiger partial charge in [-0.25, -0.2) is 4.99 Å². The fourth-order valence-electron chi connectivity index (χ4n) is 2.45. The number of aryl methyl sites for hydroxylation is 1. The molecule has 0 atom stereocenters. The van der Waals surface area contributed by atoms with Crippen LogP contribution in [0.2, 0.25) is 0 Å². The number of nitrogens with zero attached hydrogens (tertiary/aromatic N) is 1. The van der Waals surface area contributed by atoms with E-state index < -0.39 is 0 Å². The molecule has 2 aromatic rings. The van der Waals surface area contributed by atoms with Crippen molar-refractivity contribution in [2.75, 3.05) is 14.2 Å². The van der Waals surface area contributed by atoms with Crippen LogP contribution in [-0.2, 0) is 4.79 Å². The van der Waals surface area contributed by atoms with Gasteiger partial charge in [0.25, 0.3) is 5.91 Å². The Balaban J connectivity index is 1.91. The average Bonchev–Trinajstić information content (AvgIpc) is 2.96. The fraction of sp³-hybridized carbons (Fsp3) is 0.158. The van der Waals surface area contributed by atoms with Gasteiger partial charge in [0.05, 0.1) is 24.8 Å². The number of nitrogens with one attached hydrogen (secondary N) is 1. The first-order valence-corrected chi connectivity index (χ1v) is 8.50. The molecular formula is C19H18N2O3S. The van der Waals surface area contributed by atoms with Crippen molar-refractivity contribution in [3.63, 3.8) is 0 Å². The first-order chi connectivity index (χ1) is 12.1. The second-order valence-corrected chi connectivity index (χ2v) is 6.38. The molecule has 0 aliphatic carbocycles. The molecule has 2 aromatic carbocycles. The molecule has 0 unspecified atom stereocenters. The number of amides is 1. The van der Waals surface area contributed by atoms with E-state index in [1.807, 2.05) is 49.4 Å². The van der Waals surface area contributed by atoms with Crippen LogP contribution in [0.15, 0.2) is 52.4 Å². The van der Waals surface area contributed by atoms with Crippen LogP contribution in [0, 0.1) is 6.92 Å². The maximum Gasteiger partial charge on any atom is 0.264 e. The summed E-state index contributed by atoms with van der Waals surface area (Å²) in [7, 11) is 3.16. The molecule has 1 N–H and O–H groups in total. The number of para-hydroxylation sites is 2. The number of carbonyl (C=O) groups excluding carboxylic acids is 1. The number of benzene rings is 2. The predicted octanol–water partition coefficient (Wildman–Crippen LogP) is 3.90. The topological polar surface area (TPSA) is 59.9 Å². The van der Waals surface area contributed by atoms with Gasteiger partial charge >= 0.3 is 0 Å². The molecular weight excluding hydrogens is 336 g/mol. The molecule has 3 rings (SSSR count). The lowest BCUT2D eigenvalue weighted by atomic mass is 10.1. The Kier molecular flexibility index (Phi) is 5.09. The Bertz CT molecular complexity index is 875. The molecule has 0 spiro atoms. The summed E-state index contributed by atoms with van der Waals surface area (Å²) in [5, 5.41) is 3.36. The highest BCUT2D eigenvalue weighted by molar-refractivity contribution is 8.18. The van der Waals surface area contributed by atoms with Crippen molar-refractivity contribution in [2.45, 2.75) is 6.92 Å². The summed E-state index contributed by atoms with van der Waals surface area (Å²) in [6, 6.07) is 13.3. The van der Waals surface area contributed by atoms with E-state index in [4.69, 9.17) is 9.47 Å². The number of carbonyl (C=O) groups is 1. The maximum absolute atomic E-state index is 12.3. The van der Waals surface area contributed by atoms with Gasteiger partial charge in [-0.1, -0.05) is 30.3 Å². The quantitative estimate of drug-likeness (QED) is 0.846. The number of amidine groups is 1. The zero-order valence-electron chi connectivity index (χ0n) is 14.2. The second kappa shape index (κ2) is 7.44. The van der Waals surface area contributed by atoms with E-state index in [1.54, 1.807) is 20.3 Å². The van der Waals surface area contributed by atoms with Gasteiger partial charge in [-0.15, -0.1) is 0 Å². The van der Waals surface area contributed by atoms with Crippen LogP contribution in [0.5, 0.6) is 11.5 Å². The minimum Gasteiger partial charge on any atom is -0.493 e. The molecule has 1 aliphatic rings. The van der Waals surface area contributed by atoms with Crippen LogP contribution in [-0.4, -0.2) is 25.3 Å². The van der Waals surface area contributed by atoms with Gasteiger partial charge in [0.15, 0.2) is 16.7 Å². The van der Waals surface area contributed by atoms with Gasteiger partial charge in [0.1, 0.15) is 0 Å². The number of aliphatic imine (C=N–C) groups is 1. The van der Waals surface area contributed by atoms with E-state index in [1.165, 1.54) is 11.8 Å². The predicted molar refractivity (Wildman–Crippen MR) is 102 cm³/mol. The zero-order chi connectivity index (χ0) is 17.8. The highest BCUT2D eigenvalue weighted by atomic mass is 32.2. The third-order valence-corrected chi connectivity index (χ3v) is 4.62. The van der Waals surface area contributed by atoms with Crippen molar-refractivity contribution in [3.05, 3.63) is 58.5 Å². The molecule has 1 fully saturated rings. The molecule has 0 bridgehead atoms. The Hall–Kier alpha value is -2.73. The molecule has 1 heterocycles. The summed E-state index contributed by atoms with van der Waals surface area (Å²) >= 11 is 1.30. The Morgan fingerprint density at radius 3 is 2.60 bits per heavy atom.